The second-order valence-corrected chi connectivity index (χ2v) is 6.52. The Kier molecular flexibility index (Phi) is 4.57. The molecule has 0 unspecified atom stereocenters. The molecular weight excluding hydrogens is 378 g/mol. The number of nitrogens with one attached hydrogen (secondary N) is 2. The predicted octanol–water partition coefficient (Wildman–Crippen LogP) is 3.99. The molecule has 4 rings (SSSR count). The summed E-state index contributed by atoms with van der Waals surface area (Å²) in [6.45, 7) is 1.14. The van der Waals surface area contributed by atoms with Crippen molar-refractivity contribution in [1.29, 1.82) is 0 Å². The predicted molar refractivity (Wildman–Crippen MR) is 98.8 cm³/mol. The summed E-state index contributed by atoms with van der Waals surface area (Å²) in [5, 5.41) is 3.34. The Morgan fingerprint density at radius 2 is 2.19 bits per heavy atom. The van der Waals surface area contributed by atoms with Gasteiger partial charge in [0.25, 0.3) is 6.43 Å². The van der Waals surface area contributed by atoms with Gasteiger partial charge in [-0.1, -0.05) is 11.6 Å². The summed E-state index contributed by atoms with van der Waals surface area (Å²) < 4.78 is 31.0. The molecule has 0 bridgehead atoms. The summed E-state index contributed by atoms with van der Waals surface area (Å²) >= 11 is 6.04. The number of H-pyrrole nitrogens is 1. The Bertz CT molecular complexity index is 1010. The summed E-state index contributed by atoms with van der Waals surface area (Å²) in [6, 6.07) is 10.0. The molecule has 140 valence electrons. The molecule has 2 N–H and O–H groups in total. The van der Waals surface area contributed by atoms with Crippen molar-refractivity contribution in [2.75, 3.05) is 29.9 Å². The lowest BCUT2D eigenvalue weighted by atomic mass is 10.2. The highest BCUT2D eigenvalue weighted by atomic mass is 35.5. The van der Waals surface area contributed by atoms with Gasteiger partial charge >= 0.3 is 0 Å². The summed E-state index contributed by atoms with van der Waals surface area (Å²) in [6.07, 6.45) is -2.68. The number of benzene rings is 2. The molecule has 0 aliphatic carbocycles. The largest absolute Gasteiger partial charge is 0.490 e. The molecule has 0 atom stereocenters. The summed E-state index contributed by atoms with van der Waals surface area (Å²) in [5.74, 6) is 0.0444. The molecule has 2 aromatic carbocycles. The van der Waals surface area contributed by atoms with E-state index in [0.717, 1.165) is 5.69 Å². The molecule has 6 nitrogen and oxygen atoms in total. The van der Waals surface area contributed by atoms with Crippen molar-refractivity contribution in [2.45, 2.75) is 6.43 Å². The zero-order valence-corrected chi connectivity index (χ0v) is 14.8. The maximum Gasteiger partial charge on any atom is 0.295 e. The van der Waals surface area contributed by atoms with Crippen LogP contribution in [0, 0.1) is 0 Å². The fraction of sp³-hybridized carbons (Fsp3) is 0.222. The maximum absolute atomic E-state index is 12.7. The zero-order chi connectivity index (χ0) is 19.0. The van der Waals surface area contributed by atoms with Crippen LogP contribution in [0.4, 0.5) is 20.2 Å². The summed E-state index contributed by atoms with van der Waals surface area (Å²) in [5.41, 5.74) is 2.11. The molecule has 1 aromatic heterocycles. The van der Waals surface area contributed by atoms with Crippen LogP contribution in [0.1, 0.15) is 12.2 Å². The average molecular weight is 393 g/mol. The molecule has 0 saturated heterocycles. The van der Waals surface area contributed by atoms with E-state index in [1.807, 2.05) is 4.90 Å². The van der Waals surface area contributed by atoms with E-state index in [4.69, 9.17) is 16.3 Å². The monoisotopic (exact) mass is 392 g/mol. The quantitative estimate of drug-likeness (QED) is 0.704. The molecular formula is C18H15ClF2N4O2. The number of halogens is 3. The number of hydrogen-bond acceptors (Lipinski definition) is 4. The van der Waals surface area contributed by atoms with Gasteiger partial charge in [-0.3, -0.25) is 4.79 Å². The number of carbonyl (C=O) groups excluding carboxylic acids is 1. The van der Waals surface area contributed by atoms with E-state index in [-0.39, 0.29) is 12.5 Å². The lowest BCUT2D eigenvalue weighted by Crippen LogP contribution is -2.38. The number of hydrogen-bond donors (Lipinski definition) is 2. The van der Waals surface area contributed by atoms with Gasteiger partial charge in [0.2, 0.25) is 5.91 Å². The van der Waals surface area contributed by atoms with Crippen molar-refractivity contribution >= 4 is 39.9 Å². The number of imidazole rings is 1. The Morgan fingerprint density at radius 1 is 1.33 bits per heavy atom. The Hall–Kier alpha value is -2.87. The molecule has 1 aliphatic heterocycles. The summed E-state index contributed by atoms with van der Waals surface area (Å²) in [7, 11) is 0. The minimum absolute atomic E-state index is 0.111. The van der Waals surface area contributed by atoms with Gasteiger partial charge in [0, 0.05) is 10.7 Å². The average Bonchev–Trinajstić information content (AvgIpc) is 3.06. The minimum Gasteiger partial charge on any atom is -0.490 e. The van der Waals surface area contributed by atoms with Gasteiger partial charge in [0.15, 0.2) is 5.82 Å². The highest BCUT2D eigenvalue weighted by molar-refractivity contribution is 6.31. The first-order valence-electron chi connectivity index (χ1n) is 8.24. The lowest BCUT2D eigenvalue weighted by molar-refractivity contribution is -0.115. The molecule has 0 saturated carbocycles. The molecule has 0 radical (unpaired) electrons. The van der Waals surface area contributed by atoms with Crippen molar-refractivity contribution < 1.29 is 18.3 Å². The van der Waals surface area contributed by atoms with Crippen LogP contribution in [0.25, 0.3) is 11.0 Å². The number of amides is 1. The van der Waals surface area contributed by atoms with E-state index >= 15 is 0 Å². The van der Waals surface area contributed by atoms with Crippen molar-refractivity contribution in [2.24, 2.45) is 0 Å². The number of nitrogens with zero attached hydrogens (tertiary/aromatic N) is 2. The molecule has 3 aromatic rings. The fourth-order valence-electron chi connectivity index (χ4n) is 2.99. The fourth-order valence-corrected chi connectivity index (χ4v) is 3.16. The number of alkyl halides is 2. The first-order valence-corrected chi connectivity index (χ1v) is 8.62. The number of fused-ring (bicyclic) bond motifs is 2. The van der Waals surface area contributed by atoms with Gasteiger partial charge in [0.1, 0.15) is 12.4 Å². The third-order valence-corrected chi connectivity index (χ3v) is 4.44. The first-order chi connectivity index (χ1) is 13.0. The van der Waals surface area contributed by atoms with Gasteiger partial charge in [0.05, 0.1) is 29.8 Å². The normalized spacial score (nSPS) is 13.6. The molecule has 0 spiro atoms. The number of rotatable bonds is 4. The van der Waals surface area contributed by atoms with E-state index in [1.165, 1.54) is 0 Å². The van der Waals surface area contributed by atoms with Gasteiger partial charge in [-0.05, 0) is 36.4 Å². The van der Waals surface area contributed by atoms with Gasteiger partial charge in [-0.2, -0.15) is 0 Å². The summed E-state index contributed by atoms with van der Waals surface area (Å²) in [4.78, 5) is 20.7. The molecule has 1 amide bonds. The van der Waals surface area contributed by atoms with Crippen molar-refractivity contribution in [3.8, 4) is 5.75 Å². The van der Waals surface area contributed by atoms with Crippen LogP contribution in [0.3, 0.4) is 0 Å². The van der Waals surface area contributed by atoms with Crippen molar-refractivity contribution in [3.63, 3.8) is 0 Å². The van der Waals surface area contributed by atoms with E-state index in [9.17, 15) is 13.6 Å². The number of aromatic amines is 1. The molecule has 1 aliphatic rings. The minimum atomic E-state index is -2.68. The Morgan fingerprint density at radius 3 is 3.00 bits per heavy atom. The Balaban J connectivity index is 1.49. The van der Waals surface area contributed by atoms with Gasteiger partial charge in [-0.15, -0.1) is 0 Å². The first kappa shape index (κ1) is 17.5. The molecule has 9 heteroatoms. The molecule has 2 heterocycles. The van der Waals surface area contributed by atoms with Gasteiger partial charge in [-0.25, -0.2) is 13.8 Å². The van der Waals surface area contributed by atoms with E-state index < -0.39 is 12.2 Å². The number of aromatic nitrogens is 2. The third kappa shape index (κ3) is 3.66. The second-order valence-electron chi connectivity index (χ2n) is 6.08. The third-order valence-electron chi connectivity index (χ3n) is 4.21. The number of anilines is 2. The van der Waals surface area contributed by atoms with Crippen LogP contribution in [0.2, 0.25) is 5.02 Å². The SMILES string of the molecule is O=C(CN1CCOc2ccc(Cl)cc21)Nc1ccc2nc(C(F)F)[nH]c2c1. The van der Waals surface area contributed by atoms with Crippen LogP contribution in [-0.2, 0) is 4.79 Å². The van der Waals surface area contributed by atoms with Crippen LogP contribution in [-0.4, -0.2) is 35.6 Å². The smallest absolute Gasteiger partial charge is 0.295 e. The molecule has 27 heavy (non-hydrogen) atoms. The topological polar surface area (TPSA) is 70.2 Å². The van der Waals surface area contributed by atoms with Crippen LogP contribution in [0.15, 0.2) is 36.4 Å². The van der Waals surface area contributed by atoms with Crippen molar-refractivity contribution in [1.82, 2.24) is 9.97 Å². The van der Waals surface area contributed by atoms with E-state index in [2.05, 4.69) is 15.3 Å². The molecule has 0 fully saturated rings. The Labute approximate surface area is 158 Å². The highest BCUT2D eigenvalue weighted by Crippen LogP contribution is 2.33. The highest BCUT2D eigenvalue weighted by Gasteiger charge is 2.21. The maximum atomic E-state index is 12.7. The van der Waals surface area contributed by atoms with Crippen molar-refractivity contribution in [3.05, 3.63) is 47.2 Å². The second kappa shape index (κ2) is 7.03. The van der Waals surface area contributed by atoms with E-state index in [1.54, 1.807) is 36.4 Å². The van der Waals surface area contributed by atoms with Crippen LogP contribution >= 0.6 is 11.6 Å². The standard InChI is InChI=1S/C18H15ClF2N4O2/c19-10-1-4-15-14(7-10)25(5-6-27-15)9-16(26)22-11-2-3-12-13(8-11)24-18(23-12)17(20)21/h1-4,7-8,17H,5-6,9H2,(H,22,26)(H,23,24). The zero-order valence-electron chi connectivity index (χ0n) is 14.0. The lowest BCUT2D eigenvalue weighted by Gasteiger charge is -2.30. The van der Waals surface area contributed by atoms with E-state index in [0.29, 0.717) is 40.6 Å². The van der Waals surface area contributed by atoms with Gasteiger partial charge < -0.3 is 19.9 Å². The number of ether oxygens (including phenoxy) is 1. The number of carbonyl (C=O) groups is 1. The van der Waals surface area contributed by atoms with Crippen LogP contribution < -0.4 is 15.0 Å². The van der Waals surface area contributed by atoms with Crippen LogP contribution in [0.5, 0.6) is 5.75 Å².